The van der Waals surface area contributed by atoms with Gasteiger partial charge in [-0.15, -0.1) is 0 Å². The van der Waals surface area contributed by atoms with E-state index in [2.05, 4.69) is 10.0 Å². The van der Waals surface area contributed by atoms with Gasteiger partial charge in [0, 0.05) is 11.7 Å². The maximum Gasteiger partial charge on any atom is 0.257 e. The summed E-state index contributed by atoms with van der Waals surface area (Å²) in [5, 5.41) is 2.65. The molecule has 2 aromatic rings. The lowest BCUT2D eigenvalue weighted by Gasteiger charge is -2.13. The third kappa shape index (κ3) is 5.59. The van der Waals surface area contributed by atoms with Gasteiger partial charge in [0.2, 0.25) is 10.0 Å². The Balaban J connectivity index is 2.31. The largest absolute Gasteiger partial charge is 0.494 e. The maximum absolute atomic E-state index is 12.6. The molecule has 0 saturated heterocycles. The van der Waals surface area contributed by atoms with Gasteiger partial charge in [0.15, 0.2) is 0 Å². The van der Waals surface area contributed by atoms with Crippen LogP contribution in [0, 0.1) is 0 Å². The Kier molecular flexibility index (Phi) is 7.11. The number of nitrogens with one attached hydrogen (secondary N) is 2. The third-order valence-electron chi connectivity index (χ3n) is 3.37. The van der Waals surface area contributed by atoms with Gasteiger partial charge < -0.3 is 10.1 Å². The van der Waals surface area contributed by atoms with Crippen LogP contribution < -0.4 is 14.8 Å². The first-order valence-electron chi connectivity index (χ1n) is 8.19. The van der Waals surface area contributed by atoms with E-state index in [0.29, 0.717) is 18.0 Å². The highest BCUT2D eigenvalue weighted by Gasteiger charge is 2.23. The molecule has 2 aromatic carbocycles. The van der Waals surface area contributed by atoms with Crippen molar-refractivity contribution in [2.45, 2.75) is 31.7 Å². The number of sulfonamides is 1. The van der Waals surface area contributed by atoms with Crippen LogP contribution in [0.5, 0.6) is 5.75 Å². The molecule has 0 aliphatic carbocycles. The van der Waals surface area contributed by atoms with Gasteiger partial charge in [0.25, 0.3) is 5.91 Å². The Labute approximate surface area is 168 Å². The average Bonchev–Trinajstić information content (AvgIpc) is 2.55. The van der Waals surface area contributed by atoms with Gasteiger partial charge in [-0.05, 0) is 57.2 Å². The quantitative estimate of drug-likeness (QED) is 0.684. The fourth-order valence-corrected chi connectivity index (χ4v) is 4.39. The lowest BCUT2D eigenvalue weighted by molar-refractivity contribution is 0.102. The minimum Gasteiger partial charge on any atom is -0.494 e. The van der Waals surface area contributed by atoms with E-state index in [1.54, 1.807) is 38.1 Å². The van der Waals surface area contributed by atoms with Gasteiger partial charge in [-0.1, -0.05) is 23.2 Å². The summed E-state index contributed by atoms with van der Waals surface area (Å²) in [6.07, 6.45) is 0. The Morgan fingerprint density at radius 3 is 2.30 bits per heavy atom. The molecule has 27 heavy (non-hydrogen) atoms. The van der Waals surface area contributed by atoms with E-state index >= 15 is 0 Å². The number of hydrogen-bond acceptors (Lipinski definition) is 4. The highest BCUT2D eigenvalue weighted by Crippen LogP contribution is 2.29. The molecule has 0 bridgehead atoms. The number of benzene rings is 2. The molecule has 0 saturated carbocycles. The molecule has 0 unspecified atom stereocenters. The normalized spacial score (nSPS) is 11.5. The second-order valence-corrected chi connectivity index (χ2v) is 8.45. The molecule has 6 nitrogen and oxygen atoms in total. The van der Waals surface area contributed by atoms with Crippen molar-refractivity contribution in [2.24, 2.45) is 0 Å². The van der Waals surface area contributed by atoms with E-state index in [1.807, 2.05) is 6.92 Å². The fraction of sp³-hybridized carbons (Fsp3) is 0.278. The molecule has 0 spiro atoms. The van der Waals surface area contributed by atoms with Gasteiger partial charge in [0.05, 0.1) is 22.2 Å². The second kappa shape index (κ2) is 8.93. The highest BCUT2D eigenvalue weighted by molar-refractivity contribution is 7.89. The Bertz CT molecular complexity index is 929. The SMILES string of the molecule is CCOc1ccc(NC(=O)c2cc(S(=O)(=O)NC(C)C)c(Cl)cc2Cl)cc1. The minimum absolute atomic E-state index is 0.000850. The molecule has 2 N–H and O–H groups in total. The Hall–Kier alpha value is -1.80. The number of halogens is 2. The van der Waals surface area contributed by atoms with Gasteiger partial charge in [-0.3, -0.25) is 4.79 Å². The molecule has 0 fully saturated rings. The summed E-state index contributed by atoms with van der Waals surface area (Å²) in [4.78, 5) is 12.4. The summed E-state index contributed by atoms with van der Waals surface area (Å²) in [6.45, 7) is 5.77. The molecule has 0 radical (unpaired) electrons. The lowest BCUT2D eigenvalue weighted by Crippen LogP contribution is -2.30. The number of carbonyl (C=O) groups excluding carboxylic acids is 1. The van der Waals surface area contributed by atoms with Crippen molar-refractivity contribution in [3.63, 3.8) is 0 Å². The number of amides is 1. The molecule has 0 aromatic heterocycles. The summed E-state index contributed by atoms with van der Waals surface area (Å²) in [7, 11) is -3.88. The first-order chi connectivity index (χ1) is 12.6. The van der Waals surface area contributed by atoms with Crippen molar-refractivity contribution in [1.82, 2.24) is 4.72 Å². The number of carbonyl (C=O) groups is 1. The first kappa shape index (κ1) is 21.5. The van der Waals surface area contributed by atoms with E-state index < -0.39 is 15.9 Å². The van der Waals surface area contributed by atoms with Crippen LogP contribution in [-0.4, -0.2) is 27.0 Å². The van der Waals surface area contributed by atoms with E-state index in [1.165, 1.54) is 12.1 Å². The maximum atomic E-state index is 12.6. The smallest absolute Gasteiger partial charge is 0.257 e. The third-order valence-corrected chi connectivity index (χ3v) is 5.81. The molecular formula is C18H20Cl2N2O4S. The van der Waals surface area contributed by atoms with Crippen molar-refractivity contribution >= 4 is 44.8 Å². The van der Waals surface area contributed by atoms with Crippen molar-refractivity contribution in [2.75, 3.05) is 11.9 Å². The van der Waals surface area contributed by atoms with Gasteiger partial charge >= 0.3 is 0 Å². The van der Waals surface area contributed by atoms with Gasteiger partial charge in [-0.25, -0.2) is 13.1 Å². The molecular weight excluding hydrogens is 411 g/mol. The van der Waals surface area contributed by atoms with Crippen molar-refractivity contribution in [3.8, 4) is 5.75 Å². The first-order valence-corrected chi connectivity index (χ1v) is 10.4. The Morgan fingerprint density at radius 1 is 1.11 bits per heavy atom. The minimum atomic E-state index is -3.88. The zero-order chi connectivity index (χ0) is 20.2. The summed E-state index contributed by atoms with van der Waals surface area (Å²) >= 11 is 12.1. The van der Waals surface area contributed by atoms with Crippen LogP contribution in [0.4, 0.5) is 5.69 Å². The van der Waals surface area contributed by atoms with Crippen molar-refractivity contribution in [3.05, 3.63) is 52.0 Å². The number of hydrogen-bond donors (Lipinski definition) is 2. The van der Waals surface area contributed by atoms with Crippen LogP contribution >= 0.6 is 23.2 Å². The molecule has 2 rings (SSSR count). The van der Waals surface area contributed by atoms with E-state index in [0.717, 1.165) is 0 Å². The molecule has 0 aliphatic rings. The van der Waals surface area contributed by atoms with Gasteiger partial charge in [0.1, 0.15) is 10.6 Å². The molecule has 0 heterocycles. The fourth-order valence-electron chi connectivity index (χ4n) is 2.28. The number of rotatable bonds is 7. The number of ether oxygens (including phenoxy) is 1. The van der Waals surface area contributed by atoms with Crippen LogP contribution in [0.25, 0.3) is 0 Å². The summed E-state index contributed by atoms with van der Waals surface area (Å²) in [6, 6.07) is 8.85. The summed E-state index contributed by atoms with van der Waals surface area (Å²) < 4.78 is 32.6. The molecule has 1 amide bonds. The number of anilines is 1. The average molecular weight is 431 g/mol. The lowest BCUT2D eigenvalue weighted by atomic mass is 10.2. The Morgan fingerprint density at radius 2 is 1.74 bits per heavy atom. The molecule has 9 heteroatoms. The predicted octanol–water partition coefficient (Wildman–Crippen LogP) is 4.33. The zero-order valence-corrected chi connectivity index (χ0v) is 17.4. The van der Waals surface area contributed by atoms with Crippen molar-refractivity contribution in [1.29, 1.82) is 0 Å². The summed E-state index contributed by atoms with van der Waals surface area (Å²) in [5.41, 5.74) is 0.512. The molecule has 0 aliphatic heterocycles. The van der Waals surface area contributed by atoms with Crippen LogP contribution in [0.1, 0.15) is 31.1 Å². The van der Waals surface area contributed by atoms with Crippen LogP contribution in [0.15, 0.2) is 41.3 Å². The monoisotopic (exact) mass is 430 g/mol. The zero-order valence-electron chi connectivity index (χ0n) is 15.0. The van der Waals surface area contributed by atoms with Crippen LogP contribution in [0.2, 0.25) is 10.0 Å². The second-order valence-electron chi connectivity index (χ2n) is 5.95. The standard InChI is InChI=1S/C18H20Cl2N2O4S/c1-4-26-13-7-5-12(6-8-13)21-18(23)14-9-17(16(20)10-15(14)19)27(24,25)22-11(2)3/h5-11,22H,4H2,1-3H3,(H,21,23). The van der Waals surface area contributed by atoms with Crippen LogP contribution in [0.3, 0.4) is 0 Å². The highest BCUT2D eigenvalue weighted by atomic mass is 35.5. The van der Waals surface area contributed by atoms with Crippen LogP contribution in [-0.2, 0) is 10.0 Å². The van der Waals surface area contributed by atoms with E-state index in [-0.39, 0.29) is 26.5 Å². The van der Waals surface area contributed by atoms with Gasteiger partial charge in [-0.2, -0.15) is 0 Å². The topological polar surface area (TPSA) is 84.5 Å². The van der Waals surface area contributed by atoms with Crippen molar-refractivity contribution < 1.29 is 17.9 Å². The predicted molar refractivity (Wildman–Crippen MR) is 107 cm³/mol. The summed E-state index contributed by atoms with van der Waals surface area (Å²) in [5.74, 6) is 0.120. The van der Waals surface area contributed by atoms with E-state index in [4.69, 9.17) is 27.9 Å². The van der Waals surface area contributed by atoms with E-state index in [9.17, 15) is 13.2 Å². The molecule has 146 valence electrons. The molecule has 0 atom stereocenters.